The largest absolute Gasteiger partial charge is 0.497 e. The maximum absolute atomic E-state index is 13.8. The molecule has 0 saturated heterocycles. The first-order valence-corrected chi connectivity index (χ1v) is 12.3. The van der Waals surface area contributed by atoms with Crippen LogP contribution in [0.3, 0.4) is 0 Å². The van der Waals surface area contributed by atoms with Crippen LogP contribution < -0.4 is 19.5 Å². The number of carbonyl (C=O) groups is 1. The van der Waals surface area contributed by atoms with Crippen LogP contribution in [0.15, 0.2) is 84.9 Å². The summed E-state index contributed by atoms with van der Waals surface area (Å²) < 4.78 is 19.2. The van der Waals surface area contributed by atoms with E-state index in [0.717, 1.165) is 11.3 Å². The summed E-state index contributed by atoms with van der Waals surface area (Å²) in [5, 5.41) is 3.35. The average Bonchev–Trinajstić information content (AvgIpc) is 3.20. The molecule has 190 valence electrons. The number of amides is 1. The molecule has 0 fully saturated rings. The molecule has 1 aliphatic rings. The zero-order valence-electron chi connectivity index (χ0n) is 20.8. The first kappa shape index (κ1) is 24.2. The van der Waals surface area contributed by atoms with Crippen molar-refractivity contribution < 1.29 is 19.0 Å². The summed E-state index contributed by atoms with van der Waals surface area (Å²) in [5.41, 5.74) is 1.60. The normalized spacial score (nSPS) is 12.9. The van der Waals surface area contributed by atoms with Gasteiger partial charge < -0.3 is 29.0 Å². The van der Waals surface area contributed by atoms with E-state index in [0.29, 0.717) is 61.6 Å². The number of aromatic nitrogens is 2. The van der Waals surface area contributed by atoms with Crippen molar-refractivity contribution in [3.8, 4) is 17.2 Å². The summed E-state index contributed by atoms with van der Waals surface area (Å²) in [4.78, 5) is 20.4. The van der Waals surface area contributed by atoms with E-state index in [1.165, 1.54) is 0 Å². The maximum atomic E-state index is 13.8. The quantitative estimate of drug-likeness (QED) is 0.348. The minimum Gasteiger partial charge on any atom is -0.497 e. The Labute approximate surface area is 216 Å². The summed E-state index contributed by atoms with van der Waals surface area (Å²) >= 11 is 0. The van der Waals surface area contributed by atoms with Crippen LogP contribution in [0.1, 0.15) is 21.9 Å². The number of nitrogens with zero attached hydrogens (tertiary/aromatic N) is 3. The SMILES string of the molecule is COc1cccc(OCc2nc3c(n2Cc2ccccc2)C(=O)N(CCOc2ccccc2)CCN3)c1. The monoisotopic (exact) mass is 498 g/mol. The number of nitrogens with one attached hydrogen (secondary N) is 1. The fourth-order valence-corrected chi connectivity index (χ4v) is 4.29. The van der Waals surface area contributed by atoms with Crippen LogP contribution in [0, 0.1) is 0 Å². The minimum absolute atomic E-state index is 0.0762. The van der Waals surface area contributed by atoms with E-state index in [4.69, 9.17) is 19.2 Å². The van der Waals surface area contributed by atoms with Gasteiger partial charge in [-0.3, -0.25) is 4.79 Å². The molecule has 1 aliphatic heterocycles. The van der Waals surface area contributed by atoms with Crippen LogP contribution in [0.5, 0.6) is 17.2 Å². The highest BCUT2D eigenvalue weighted by Gasteiger charge is 2.30. The van der Waals surface area contributed by atoms with E-state index in [-0.39, 0.29) is 12.5 Å². The summed E-state index contributed by atoms with van der Waals surface area (Å²) in [6.45, 7) is 2.75. The predicted octanol–water partition coefficient (Wildman–Crippen LogP) is 4.47. The second-order valence-electron chi connectivity index (χ2n) is 8.65. The Kier molecular flexibility index (Phi) is 7.55. The molecule has 8 heteroatoms. The molecule has 0 bridgehead atoms. The molecule has 4 aromatic rings. The van der Waals surface area contributed by atoms with Crippen LogP contribution >= 0.6 is 0 Å². The summed E-state index contributed by atoms with van der Waals surface area (Å²) in [5.74, 6) is 3.34. The van der Waals surface area contributed by atoms with Crippen molar-refractivity contribution in [1.82, 2.24) is 14.5 Å². The lowest BCUT2D eigenvalue weighted by Gasteiger charge is -2.22. The fraction of sp³-hybridized carbons (Fsp3) is 0.241. The molecular weight excluding hydrogens is 468 g/mol. The van der Waals surface area contributed by atoms with Gasteiger partial charge in [0.15, 0.2) is 11.5 Å². The van der Waals surface area contributed by atoms with Gasteiger partial charge >= 0.3 is 0 Å². The standard InChI is InChI=1S/C29H30N4O4/c1-35-24-13-8-14-25(19-24)37-21-26-31-28-27(33(26)20-22-9-4-2-5-10-22)29(34)32(16-15-30-28)17-18-36-23-11-6-3-7-12-23/h2-14,19,30H,15-18,20-21H2,1H3. The van der Waals surface area contributed by atoms with Crippen molar-refractivity contribution in [2.75, 3.05) is 38.7 Å². The van der Waals surface area contributed by atoms with E-state index in [9.17, 15) is 4.79 Å². The van der Waals surface area contributed by atoms with Crippen molar-refractivity contribution in [2.45, 2.75) is 13.2 Å². The van der Waals surface area contributed by atoms with Gasteiger partial charge in [-0.25, -0.2) is 4.98 Å². The number of ether oxygens (including phenoxy) is 3. The van der Waals surface area contributed by atoms with Gasteiger partial charge in [0.05, 0.1) is 13.7 Å². The molecule has 0 radical (unpaired) electrons. The Bertz CT molecular complexity index is 1320. The molecule has 37 heavy (non-hydrogen) atoms. The fourth-order valence-electron chi connectivity index (χ4n) is 4.29. The maximum Gasteiger partial charge on any atom is 0.274 e. The van der Waals surface area contributed by atoms with Crippen molar-refractivity contribution >= 4 is 11.7 Å². The molecule has 1 N–H and O–H groups in total. The second kappa shape index (κ2) is 11.5. The molecule has 0 unspecified atom stereocenters. The first-order valence-electron chi connectivity index (χ1n) is 12.3. The van der Waals surface area contributed by atoms with E-state index < -0.39 is 0 Å². The van der Waals surface area contributed by atoms with Crippen molar-refractivity contribution in [3.63, 3.8) is 0 Å². The van der Waals surface area contributed by atoms with E-state index in [2.05, 4.69) is 5.32 Å². The van der Waals surface area contributed by atoms with Gasteiger partial charge in [0.1, 0.15) is 36.3 Å². The Morgan fingerprint density at radius 2 is 1.62 bits per heavy atom. The third-order valence-electron chi connectivity index (χ3n) is 6.18. The Balaban J connectivity index is 1.39. The first-order chi connectivity index (χ1) is 18.2. The molecule has 5 rings (SSSR count). The van der Waals surface area contributed by atoms with Crippen LogP contribution in [-0.4, -0.2) is 53.7 Å². The van der Waals surface area contributed by atoms with Crippen LogP contribution in [-0.2, 0) is 13.2 Å². The van der Waals surface area contributed by atoms with Crippen molar-refractivity contribution in [3.05, 3.63) is 102 Å². The van der Waals surface area contributed by atoms with Crippen LogP contribution in [0.4, 0.5) is 5.82 Å². The Hall–Kier alpha value is -4.46. The molecule has 3 aromatic carbocycles. The highest BCUT2D eigenvalue weighted by molar-refractivity contribution is 5.98. The van der Waals surface area contributed by atoms with Gasteiger partial charge in [-0.1, -0.05) is 54.6 Å². The number of hydrogen-bond acceptors (Lipinski definition) is 6. The summed E-state index contributed by atoms with van der Waals surface area (Å²) in [6.07, 6.45) is 0. The number of benzene rings is 3. The van der Waals surface area contributed by atoms with Gasteiger partial charge in [0.25, 0.3) is 5.91 Å². The third-order valence-corrected chi connectivity index (χ3v) is 6.18. The molecular formula is C29H30N4O4. The molecule has 8 nitrogen and oxygen atoms in total. The Morgan fingerprint density at radius 1 is 0.892 bits per heavy atom. The average molecular weight is 499 g/mol. The summed E-state index contributed by atoms with van der Waals surface area (Å²) in [6, 6.07) is 27.1. The van der Waals surface area contributed by atoms with E-state index >= 15 is 0 Å². The van der Waals surface area contributed by atoms with Gasteiger partial charge in [0, 0.05) is 25.7 Å². The lowest BCUT2D eigenvalue weighted by Crippen LogP contribution is -2.37. The van der Waals surface area contributed by atoms with Crippen molar-refractivity contribution in [2.24, 2.45) is 0 Å². The molecule has 2 heterocycles. The highest BCUT2D eigenvalue weighted by Crippen LogP contribution is 2.25. The zero-order chi connectivity index (χ0) is 25.5. The summed E-state index contributed by atoms with van der Waals surface area (Å²) in [7, 11) is 1.62. The predicted molar refractivity (Wildman–Crippen MR) is 141 cm³/mol. The van der Waals surface area contributed by atoms with Crippen LogP contribution in [0.25, 0.3) is 0 Å². The lowest BCUT2D eigenvalue weighted by atomic mass is 10.2. The van der Waals surface area contributed by atoms with Gasteiger partial charge in [-0.05, 0) is 29.8 Å². The third kappa shape index (κ3) is 5.86. The topological polar surface area (TPSA) is 77.9 Å². The lowest BCUT2D eigenvalue weighted by molar-refractivity contribution is 0.0732. The number of hydrogen-bond donors (Lipinski definition) is 1. The molecule has 1 aromatic heterocycles. The number of fused-ring (bicyclic) bond motifs is 1. The molecule has 1 amide bonds. The van der Waals surface area contributed by atoms with Gasteiger partial charge in [0.2, 0.25) is 0 Å². The number of para-hydroxylation sites is 1. The Morgan fingerprint density at radius 3 is 2.41 bits per heavy atom. The highest BCUT2D eigenvalue weighted by atomic mass is 16.5. The number of methoxy groups -OCH3 is 1. The smallest absolute Gasteiger partial charge is 0.274 e. The molecule has 0 spiro atoms. The van der Waals surface area contributed by atoms with E-state index in [1.54, 1.807) is 7.11 Å². The molecule has 0 atom stereocenters. The van der Waals surface area contributed by atoms with Gasteiger partial charge in [-0.2, -0.15) is 0 Å². The number of rotatable bonds is 10. The van der Waals surface area contributed by atoms with Crippen molar-refractivity contribution in [1.29, 1.82) is 0 Å². The molecule has 0 aliphatic carbocycles. The second-order valence-corrected chi connectivity index (χ2v) is 8.65. The van der Waals surface area contributed by atoms with Gasteiger partial charge in [-0.15, -0.1) is 0 Å². The number of carbonyl (C=O) groups excluding carboxylic acids is 1. The number of anilines is 1. The minimum atomic E-state index is -0.0762. The van der Waals surface area contributed by atoms with E-state index in [1.807, 2.05) is 94.4 Å². The molecule has 0 saturated carbocycles. The number of imidazole rings is 1. The van der Waals surface area contributed by atoms with Crippen LogP contribution in [0.2, 0.25) is 0 Å². The zero-order valence-corrected chi connectivity index (χ0v) is 20.8.